The Hall–Kier alpha value is -3.70. The Morgan fingerprint density at radius 2 is 1.57 bits per heavy atom. The fourth-order valence-electron chi connectivity index (χ4n) is 7.98. The van der Waals surface area contributed by atoms with Gasteiger partial charge in [0.2, 0.25) is 5.91 Å². The maximum atomic E-state index is 14.5. The summed E-state index contributed by atoms with van der Waals surface area (Å²) in [4.78, 5) is 41.4. The van der Waals surface area contributed by atoms with Gasteiger partial charge in [-0.1, -0.05) is 114 Å². The average Bonchev–Trinajstić information content (AvgIpc) is 3.84. The highest BCUT2D eigenvalue weighted by Crippen LogP contribution is 2.35. The fraction of sp³-hybridized carbons (Fsp3) is 0.605. The minimum Gasteiger partial charge on any atom is -0.478 e. The summed E-state index contributed by atoms with van der Waals surface area (Å²) in [5.74, 6) is -1.35. The van der Waals surface area contributed by atoms with Crippen molar-refractivity contribution >= 4 is 65.7 Å². The van der Waals surface area contributed by atoms with Crippen LogP contribution in [0.5, 0.6) is 5.75 Å². The number of hydrazine groups is 1. The van der Waals surface area contributed by atoms with Gasteiger partial charge in [0.15, 0.2) is 15.8 Å². The summed E-state index contributed by atoms with van der Waals surface area (Å²) in [6.07, 6.45) is 20.9. The summed E-state index contributed by atoms with van der Waals surface area (Å²) in [5, 5.41) is 4.61. The number of carbonyl (C=O) groups is 3. The Balaban J connectivity index is 1.04. The van der Waals surface area contributed by atoms with E-state index in [0.29, 0.717) is 55.2 Å². The van der Waals surface area contributed by atoms with E-state index in [1.54, 1.807) is 24.3 Å². The van der Waals surface area contributed by atoms with Gasteiger partial charge in [-0.15, -0.1) is 0 Å². The Morgan fingerprint density at radius 3 is 2.23 bits per heavy atom. The number of halogens is 2. The van der Waals surface area contributed by atoms with Gasteiger partial charge in [-0.05, 0) is 49.6 Å². The largest absolute Gasteiger partial charge is 0.478 e. The van der Waals surface area contributed by atoms with Gasteiger partial charge < -0.3 is 20.5 Å². The summed E-state index contributed by atoms with van der Waals surface area (Å²) >= 11 is 5.90. The number of carbonyl (C=O) groups excluding carboxylic acids is 3. The van der Waals surface area contributed by atoms with Gasteiger partial charge in [0.1, 0.15) is 27.3 Å². The number of benzene rings is 2. The van der Waals surface area contributed by atoms with E-state index in [4.69, 9.17) is 26.8 Å². The lowest BCUT2D eigenvalue weighted by molar-refractivity contribution is -0.127. The van der Waals surface area contributed by atoms with Crippen molar-refractivity contribution in [2.75, 3.05) is 42.9 Å². The van der Waals surface area contributed by atoms with Crippen LogP contribution >= 0.6 is 11.6 Å². The van der Waals surface area contributed by atoms with Crippen LogP contribution in [0.2, 0.25) is 11.1 Å². The van der Waals surface area contributed by atoms with E-state index in [1.807, 2.05) is 4.67 Å². The van der Waals surface area contributed by atoms with Gasteiger partial charge in [0.25, 0.3) is 0 Å². The maximum absolute atomic E-state index is 14.5. The van der Waals surface area contributed by atoms with Gasteiger partial charge >= 0.3 is 12.1 Å². The first-order chi connectivity index (χ1) is 29.0. The van der Waals surface area contributed by atoms with Crippen molar-refractivity contribution in [3.8, 4) is 5.75 Å². The van der Waals surface area contributed by atoms with E-state index in [1.165, 1.54) is 110 Å². The molecule has 2 aliphatic rings. The van der Waals surface area contributed by atoms with Crippen LogP contribution in [0.15, 0.2) is 42.6 Å². The molecule has 0 aliphatic carbocycles. The Bertz CT molecular complexity index is 1990. The Kier molecular flexibility index (Phi) is 19.0. The quantitative estimate of drug-likeness (QED) is 0.0576. The van der Waals surface area contributed by atoms with Crippen LogP contribution < -0.4 is 20.7 Å². The highest BCUT2D eigenvalue weighted by Gasteiger charge is 2.45. The molecule has 1 atom stereocenters. The second kappa shape index (κ2) is 24.1. The molecule has 0 spiro atoms. The number of anilines is 1. The number of sulfone groups is 1. The first-order valence-corrected chi connectivity index (χ1v) is 25.8. The lowest BCUT2D eigenvalue weighted by Crippen LogP contribution is -2.61. The predicted octanol–water partition coefficient (Wildman–Crippen LogP) is 8.05. The standard InChI is InChI=1S/C43H64ClFN6O7SSi/c1-2-3-4-5-6-7-8-9-10-11-12-13-14-15-25-57-26-16-17-27-59(55,56)32-58-34-21-22-37-35(28-34)38(30-49(37)42(46)53)48-23-24-50-51(43(48)54)39(31-60-50)41(52)47-29-33-19-18-20-36(44)40(33)45/h18-22,28,30,39H,2-17,23-27,29,31-32,60H2,1H3,(H2,46,53)(H,47,52)/t39-/m0/s1. The molecule has 0 radical (unpaired) electrons. The number of rotatable bonds is 27. The fourth-order valence-corrected chi connectivity index (χ4v) is 11.2. The summed E-state index contributed by atoms with van der Waals surface area (Å²) in [5.41, 5.74) is 6.71. The molecule has 1 aromatic heterocycles. The first-order valence-electron chi connectivity index (χ1n) is 21.9. The van der Waals surface area contributed by atoms with Gasteiger partial charge in [0, 0.05) is 50.0 Å². The van der Waals surface area contributed by atoms with Crippen LogP contribution in [-0.4, -0.2) is 94.4 Å². The zero-order valence-corrected chi connectivity index (χ0v) is 38.2. The number of hydrogen-bond donors (Lipinski definition) is 2. The van der Waals surface area contributed by atoms with Crippen LogP contribution in [0.1, 0.15) is 115 Å². The van der Waals surface area contributed by atoms with Gasteiger partial charge in [0.05, 0.1) is 22.0 Å². The van der Waals surface area contributed by atoms with Crippen molar-refractivity contribution in [2.24, 2.45) is 5.73 Å². The number of hydrogen-bond acceptors (Lipinski definition) is 8. The third-order valence-electron chi connectivity index (χ3n) is 11.4. The Morgan fingerprint density at radius 1 is 0.917 bits per heavy atom. The normalized spacial score (nSPS) is 16.2. The number of nitrogens with one attached hydrogen (secondary N) is 1. The number of amides is 4. The number of aromatic nitrogens is 1. The molecule has 13 nitrogen and oxygen atoms in total. The first kappa shape index (κ1) is 47.3. The zero-order chi connectivity index (χ0) is 42.9. The average molecular weight is 892 g/mol. The highest BCUT2D eigenvalue weighted by atomic mass is 35.5. The van der Waals surface area contributed by atoms with E-state index >= 15 is 0 Å². The SMILES string of the molecule is CCCCCCCCCCCCCCCCOCCCCS(=O)(=O)COc1ccc2c(c1)c(N1CCN3[SiH2]C[C@@H](C(=O)NCc4cccc(Cl)c4F)N3C1=O)cn2C(N)=O. The van der Waals surface area contributed by atoms with Crippen LogP contribution in [0.4, 0.5) is 19.7 Å². The summed E-state index contributed by atoms with van der Waals surface area (Å²) in [7, 11) is -4.52. The molecule has 4 amide bonds. The lowest BCUT2D eigenvalue weighted by atomic mass is 10.0. The van der Waals surface area contributed by atoms with Crippen molar-refractivity contribution in [1.82, 2.24) is 19.6 Å². The van der Waals surface area contributed by atoms with Crippen LogP contribution in [0.3, 0.4) is 0 Å². The zero-order valence-electron chi connectivity index (χ0n) is 35.2. The van der Waals surface area contributed by atoms with Crippen LogP contribution in [0.25, 0.3) is 10.9 Å². The predicted molar refractivity (Wildman–Crippen MR) is 238 cm³/mol. The van der Waals surface area contributed by atoms with Crippen LogP contribution in [0, 0.1) is 5.82 Å². The highest BCUT2D eigenvalue weighted by molar-refractivity contribution is 7.91. The number of urea groups is 1. The molecule has 60 heavy (non-hydrogen) atoms. The molecular formula is C43H64ClFN6O7SSi. The van der Waals surface area contributed by atoms with E-state index in [9.17, 15) is 27.2 Å². The minimum absolute atomic E-state index is 0.0402. The third kappa shape index (κ3) is 13.7. The monoisotopic (exact) mass is 890 g/mol. The van der Waals surface area contributed by atoms with E-state index in [2.05, 4.69) is 12.2 Å². The van der Waals surface area contributed by atoms with Crippen LogP contribution in [-0.2, 0) is 25.9 Å². The van der Waals surface area contributed by atoms with Gasteiger partial charge in [-0.3, -0.25) is 19.3 Å². The molecule has 2 saturated heterocycles. The van der Waals surface area contributed by atoms with Crippen molar-refractivity contribution in [1.29, 1.82) is 0 Å². The lowest BCUT2D eigenvalue weighted by Gasteiger charge is -2.41. The molecule has 3 heterocycles. The number of ether oxygens (including phenoxy) is 2. The molecule has 332 valence electrons. The summed E-state index contributed by atoms with van der Waals surface area (Å²) in [6.45, 7) is 4.13. The second-order valence-corrected chi connectivity index (χ2v) is 20.3. The van der Waals surface area contributed by atoms with Crippen molar-refractivity contribution in [3.63, 3.8) is 0 Å². The topological polar surface area (TPSA) is 157 Å². The molecule has 17 heteroatoms. The van der Waals surface area contributed by atoms with Gasteiger partial charge in [-0.25, -0.2) is 27.1 Å². The molecule has 5 rings (SSSR count). The number of primary amides is 1. The minimum atomic E-state index is -3.55. The molecule has 2 fully saturated rings. The van der Waals surface area contributed by atoms with E-state index in [-0.39, 0.29) is 35.2 Å². The number of nitrogens with two attached hydrogens (primary N) is 1. The van der Waals surface area contributed by atoms with Crippen molar-refractivity contribution in [2.45, 2.75) is 128 Å². The Labute approximate surface area is 362 Å². The second-order valence-electron chi connectivity index (χ2n) is 16.0. The smallest absolute Gasteiger partial charge is 0.339 e. The van der Waals surface area contributed by atoms with Gasteiger partial charge in [-0.2, -0.15) is 0 Å². The summed E-state index contributed by atoms with van der Waals surface area (Å²) < 4.78 is 54.9. The summed E-state index contributed by atoms with van der Waals surface area (Å²) in [6, 6.07) is 7.79. The number of unbranched alkanes of at least 4 members (excludes halogenated alkanes) is 14. The molecule has 2 aromatic carbocycles. The maximum Gasteiger partial charge on any atom is 0.339 e. The molecular weight excluding hydrogens is 827 g/mol. The number of fused-ring (bicyclic) bond motifs is 2. The molecule has 3 aromatic rings. The van der Waals surface area contributed by atoms with Crippen molar-refractivity contribution < 1.29 is 36.7 Å². The van der Waals surface area contributed by atoms with Crippen molar-refractivity contribution in [3.05, 3.63) is 59.0 Å². The third-order valence-corrected chi connectivity index (χ3v) is 15.0. The molecule has 2 aliphatic heterocycles. The van der Waals surface area contributed by atoms with E-state index in [0.717, 1.165) is 12.8 Å². The molecule has 3 N–H and O–H groups in total. The molecule has 0 unspecified atom stereocenters. The molecule has 0 saturated carbocycles. The van der Waals surface area contributed by atoms with E-state index < -0.39 is 55.3 Å². The molecule has 0 bridgehead atoms. The number of nitrogens with zero attached hydrogens (tertiary/aromatic N) is 4.